The van der Waals surface area contributed by atoms with Gasteiger partial charge in [-0.3, -0.25) is 0 Å². The average molecular weight is 346 g/mol. The molecule has 0 heterocycles. The maximum Gasteiger partial charge on any atom is 0.161 e. The zero-order chi connectivity index (χ0) is 18.2. The highest BCUT2D eigenvalue weighted by Crippen LogP contribution is 2.32. The summed E-state index contributed by atoms with van der Waals surface area (Å²) in [6, 6.07) is 11.2. The van der Waals surface area contributed by atoms with Crippen LogP contribution in [0.25, 0.3) is 6.08 Å². The van der Waals surface area contributed by atoms with Gasteiger partial charge < -0.3 is 29.9 Å². The lowest BCUT2D eigenvalue weighted by molar-refractivity contribution is -0.000423. The van der Waals surface area contributed by atoms with Crippen LogP contribution in [-0.4, -0.2) is 46.9 Å². The van der Waals surface area contributed by atoms with Crippen LogP contribution < -0.4 is 9.47 Å². The Morgan fingerprint density at radius 2 is 1.76 bits per heavy atom. The van der Waals surface area contributed by atoms with E-state index in [2.05, 4.69) is 0 Å². The second-order valence-corrected chi connectivity index (χ2v) is 5.37. The van der Waals surface area contributed by atoms with Crippen LogP contribution in [0.3, 0.4) is 0 Å². The van der Waals surface area contributed by atoms with Crippen molar-refractivity contribution in [1.29, 1.82) is 0 Å². The third-order valence-electron chi connectivity index (χ3n) is 3.65. The maximum absolute atomic E-state index is 10.4. The minimum atomic E-state index is -1.08. The van der Waals surface area contributed by atoms with E-state index in [1.165, 1.54) is 19.2 Å². The molecule has 25 heavy (non-hydrogen) atoms. The lowest BCUT2D eigenvalue weighted by Gasteiger charge is -2.24. The van der Waals surface area contributed by atoms with E-state index >= 15 is 0 Å². The SMILES string of the molecule is COc1cc(/C=C/CO)ccc1O[C@@H](CO)[C@H](O)c1ccc(O)cc1. The van der Waals surface area contributed by atoms with Crippen molar-refractivity contribution >= 4 is 6.08 Å². The molecule has 0 aromatic heterocycles. The van der Waals surface area contributed by atoms with Gasteiger partial charge in [-0.25, -0.2) is 0 Å². The van der Waals surface area contributed by atoms with Gasteiger partial charge in [0.25, 0.3) is 0 Å². The van der Waals surface area contributed by atoms with Gasteiger partial charge in [-0.05, 0) is 35.4 Å². The van der Waals surface area contributed by atoms with Gasteiger partial charge in [-0.2, -0.15) is 0 Å². The van der Waals surface area contributed by atoms with Crippen molar-refractivity contribution in [2.24, 2.45) is 0 Å². The minimum absolute atomic E-state index is 0.0635. The lowest BCUT2D eigenvalue weighted by atomic mass is 10.0. The molecule has 2 rings (SSSR count). The van der Waals surface area contributed by atoms with Crippen LogP contribution in [0.15, 0.2) is 48.5 Å². The predicted molar refractivity (Wildman–Crippen MR) is 93.7 cm³/mol. The van der Waals surface area contributed by atoms with E-state index in [1.807, 2.05) is 0 Å². The number of benzene rings is 2. The van der Waals surface area contributed by atoms with Crippen molar-refractivity contribution < 1.29 is 29.9 Å². The molecule has 2 atom stereocenters. The van der Waals surface area contributed by atoms with E-state index in [0.717, 1.165) is 5.56 Å². The summed E-state index contributed by atoms with van der Waals surface area (Å²) >= 11 is 0. The molecule has 0 amide bonds. The van der Waals surface area contributed by atoms with E-state index in [0.29, 0.717) is 17.1 Å². The van der Waals surface area contributed by atoms with Gasteiger partial charge >= 0.3 is 0 Å². The van der Waals surface area contributed by atoms with E-state index < -0.39 is 18.8 Å². The second-order valence-electron chi connectivity index (χ2n) is 5.37. The van der Waals surface area contributed by atoms with Gasteiger partial charge in [0.15, 0.2) is 17.6 Å². The Labute approximate surface area is 146 Å². The van der Waals surface area contributed by atoms with Crippen LogP contribution in [0.4, 0.5) is 0 Å². The number of aliphatic hydroxyl groups is 3. The molecule has 0 aliphatic carbocycles. The number of ether oxygens (including phenoxy) is 2. The number of aromatic hydroxyl groups is 1. The highest BCUT2D eigenvalue weighted by Gasteiger charge is 2.23. The smallest absolute Gasteiger partial charge is 0.161 e. The van der Waals surface area contributed by atoms with Gasteiger partial charge in [-0.15, -0.1) is 0 Å². The third kappa shape index (κ3) is 4.96. The molecule has 0 unspecified atom stereocenters. The Morgan fingerprint density at radius 1 is 1.04 bits per heavy atom. The molecular formula is C19H22O6. The number of rotatable bonds is 8. The van der Waals surface area contributed by atoms with Crippen LogP contribution in [0.5, 0.6) is 17.2 Å². The first-order valence-electron chi connectivity index (χ1n) is 7.79. The summed E-state index contributed by atoms with van der Waals surface area (Å²) in [7, 11) is 1.49. The zero-order valence-corrected chi connectivity index (χ0v) is 13.9. The van der Waals surface area contributed by atoms with Crippen molar-refractivity contribution in [3.05, 3.63) is 59.7 Å². The fraction of sp³-hybridized carbons (Fsp3) is 0.263. The number of methoxy groups -OCH3 is 1. The van der Waals surface area contributed by atoms with Crippen molar-refractivity contribution in [2.75, 3.05) is 20.3 Å². The van der Waals surface area contributed by atoms with Crippen LogP contribution in [-0.2, 0) is 0 Å². The Balaban J connectivity index is 2.20. The molecule has 0 bridgehead atoms. The number of hydrogen-bond acceptors (Lipinski definition) is 6. The van der Waals surface area contributed by atoms with E-state index in [4.69, 9.17) is 14.6 Å². The largest absolute Gasteiger partial charge is 0.508 e. The molecule has 6 nitrogen and oxygen atoms in total. The Kier molecular flexibility index (Phi) is 6.82. The first-order valence-corrected chi connectivity index (χ1v) is 7.79. The molecule has 0 aliphatic rings. The van der Waals surface area contributed by atoms with E-state index in [9.17, 15) is 15.3 Å². The summed E-state index contributed by atoms with van der Waals surface area (Å²) in [5.41, 5.74) is 1.33. The fourth-order valence-electron chi connectivity index (χ4n) is 2.32. The van der Waals surface area contributed by atoms with Gasteiger partial charge in [0.05, 0.1) is 20.3 Å². The Hall–Kier alpha value is -2.54. The molecule has 6 heteroatoms. The first kappa shape index (κ1) is 18.8. The first-order chi connectivity index (χ1) is 12.1. The topological polar surface area (TPSA) is 99.4 Å². The van der Waals surface area contributed by atoms with Gasteiger partial charge in [-0.1, -0.05) is 30.4 Å². The lowest BCUT2D eigenvalue weighted by Crippen LogP contribution is -2.29. The summed E-state index contributed by atoms with van der Waals surface area (Å²) in [6.45, 7) is -0.469. The molecule has 0 spiro atoms. The zero-order valence-electron chi connectivity index (χ0n) is 13.9. The molecule has 2 aromatic rings. The minimum Gasteiger partial charge on any atom is -0.508 e. The van der Waals surface area contributed by atoms with Gasteiger partial charge in [0.1, 0.15) is 11.9 Å². The third-order valence-corrected chi connectivity index (χ3v) is 3.65. The molecule has 0 aliphatic heterocycles. The molecule has 2 aromatic carbocycles. The molecule has 0 saturated heterocycles. The summed E-state index contributed by atoms with van der Waals surface area (Å²) in [5, 5.41) is 38.2. The summed E-state index contributed by atoms with van der Waals surface area (Å²) < 4.78 is 11.0. The summed E-state index contributed by atoms with van der Waals surface area (Å²) in [6.07, 6.45) is 1.35. The van der Waals surface area contributed by atoms with Crippen molar-refractivity contribution in [3.8, 4) is 17.2 Å². The van der Waals surface area contributed by atoms with Gasteiger partial charge in [0, 0.05) is 0 Å². The second kappa shape index (κ2) is 9.08. The average Bonchev–Trinajstić information content (AvgIpc) is 2.64. The number of aliphatic hydroxyl groups excluding tert-OH is 3. The Bertz CT molecular complexity index is 696. The molecule has 0 fully saturated rings. The monoisotopic (exact) mass is 346 g/mol. The fourth-order valence-corrected chi connectivity index (χ4v) is 2.32. The molecule has 0 saturated carbocycles. The van der Waals surface area contributed by atoms with Crippen LogP contribution in [0, 0.1) is 0 Å². The molecule has 0 radical (unpaired) electrons. The van der Waals surface area contributed by atoms with Crippen LogP contribution in [0.1, 0.15) is 17.2 Å². The standard InChI is InChI=1S/C19H22O6/c1-24-17-11-13(3-2-10-20)4-9-16(17)25-18(12-21)19(23)14-5-7-15(22)8-6-14/h2-9,11,18-23H,10,12H2,1H3/b3-2+/t18-,19+/m0/s1. The highest BCUT2D eigenvalue weighted by molar-refractivity contribution is 5.56. The normalized spacial score (nSPS) is 13.6. The quantitative estimate of drug-likeness (QED) is 0.582. The van der Waals surface area contributed by atoms with Crippen molar-refractivity contribution in [3.63, 3.8) is 0 Å². The number of phenolic OH excluding ortho intramolecular Hbond substituents is 1. The van der Waals surface area contributed by atoms with Crippen molar-refractivity contribution in [1.82, 2.24) is 0 Å². The molecular weight excluding hydrogens is 324 g/mol. The van der Waals surface area contributed by atoms with Gasteiger partial charge in [0.2, 0.25) is 0 Å². The summed E-state index contributed by atoms with van der Waals surface area (Å²) in [4.78, 5) is 0. The highest BCUT2D eigenvalue weighted by atomic mass is 16.5. The van der Waals surface area contributed by atoms with E-state index in [-0.39, 0.29) is 12.4 Å². The summed E-state index contributed by atoms with van der Waals surface area (Å²) in [5.74, 6) is 0.905. The maximum atomic E-state index is 10.4. The predicted octanol–water partition coefficient (Wildman–Crippen LogP) is 1.88. The molecule has 134 valence electrons. The Morgan fingerprint density at radius 3 is 2.36 bits per heavy atom. The molecule has 4 N–H and O–H groups in total. The number of hydrogen-bond donors (Lipinski definition) is 4. The van der Waals surface area contributed by atoms with Crippen LogP contribution in [0.2, 0.25) is 0 Å². The van der Waals surface area contributed by atoms with E-state index in [1.54, 1.807) is 42.5 Å². The van der Waals surface area contributed by atoms with Crippen LogP contribution >= 0.6 is 0 Å². The van der Waals surface area contributed by atoms with Crippen molar-refractivity contribution in [2.45, 2.75) is 12.2 Å². The number of phenols is 1.